The fourth-order valence-corrected chi connectivity index (χ4v) is 3.32. The smallest absolute Gasteiger partial charge is 0.243 e. The first kappa shape index (κ1) is 13.7. The Morgan fingerprint density at radius 3 is 2.95 bits per heavy atom. The lowest BCUT2D eigenvalue weighted by molar-refractivity contribution is 0.334. The number of hydrogen-bond donors (Lipinski definition) is 1. The molecule has 0 aliphatic heterocycles. The first-order valence-electron chi connectivity index (χ1n) is 7.20. The molecule has 20 heavy (non-hydrogen) atoms. The number of rotatable bonds is 5. The van der Waals surface area contributed by atoms with Crippen LogP contribution in [-0.2, 0) is 6.54 Å². The van der Waals surface area contributed by atoms with Crippen LogP contribution in [0.2, 0.25) is 0 Å². The lowest BCUT2D eigenvalue weighted by Crippen LogP contribution is -2.18. The zero-order chi connectivity index (χ0) is 13.9. The van der Waals surface area contributed by atoms with E-state index in [1.54, 1.807) is 11.3 Å². The van der Waals surface area contributed by atoms with E-state index in [1.807, 2.05) is 13.1 Å². The monoisotopic (exact) mass is 292 g/mol. The van der Waals surface area contributed by atoms with Crippen LogP contribution in [0.3, 0.4) is 0 Å². The second-order valence-corrected chi connectivity index (χ2v) is 6.76. The Bertz CT molecular complexity index is 559. The topological polar surface area (TPSA) is 63.8 Å². The Balaban J connectivity index is 1.57. The molecule has 3 rings (SSSR count). The lowest BCUT2D eigenvalue weighted by Gasteiger charge is -2.07. The normalized spacial score (nSPS) is 17.7. The van der Waals surface area contributed by atoms with Crippen LogP contribution in [0.4, 0.5) is 0 Å². The predicted octanol–water partition coefficient (Wildman–Crippen LogP) is 3.34. The van der Waals surface area contributed by atoms with Gasteiger partial charge in [-0.2, -0.15) is 4.98 Å². The molecule has 0 aromatic carbocycles. The molecule has 0 radical (unpaired) electrons. The summed E-state index contributed by atoms with van der Waals surface area (Å²) in [5.74, 6) is 2.07. The molecule has 6 heteroatoms. The highest BCUT2D eigenvalue weighted by atomic mass is 32.1. The van der Waals surface area contributed by atoms with Gasteiger partial charge in [0.05, 0.1) is 6.04 Å². The highest BCUT2D eigenvalue weighted by Crippen LogP contribution is 2.32. The Labute approximate surface area is 122 Å². The predicted molar refractivity (Wildman–Crippen MR) is 77.6 cm³/mol. The van der Waals surface area contributed by atoms with E-state index in [4.69, 9.17) is 4.52 Å². The maximum absolute atomic E-state index is 5.39. The molecule has 0 amide bonds. The number of hydrogen-bond acceptors (Lipinski definition) is 6. The molecule has 0 saturated heterocycles. The van der Waals surface area contributed by atoms with Crippen LogP contribution in [0.1, 0.15) is 66.2 Å². The van der Waals surface area contributed by atoms with E-state index in [2.05, 4.69) is 27.4 Å². The number of aromatic nitrogens is 3. The highest BCUT2D eigenvalue weighted by molar-refractivity contribution is 7.11. The molecule has 0 spiro atoms. The Morgan fingerprint density at radius 1 is 1.45 bits per heavy atom. The molecule has 2 aromatic heterocycles. The van der Waals surface area contributed by atoms with Gasteiger partial charge in [0.1, 0.15) is 5.01 Å². The van der Waals surface area contributed by atoms with E-state index < -0.39 is 0 Å². The summed E-state index contributed by atoms with van der Waals surface area (Å²) in [6.07, 6.45) is 6.85. The van der Waals surface area contributed by atoms with Crippen molar-refractivity contribution < 1.29 is 4.52 Å². The fraction of sp³-hybridized carbons (Fsp3) is 0.643. The van der Waals surface area contributed by atoms with Crippen molar-refractivity contribution in [2.24, 2.45) is 0 Å². The first-order chi connectivity index (χ1) is 9.72. The fourth-order valence-electron chi connectivity index (χ4n) is 2.58. The van der Waals surface area contributed by atoms with E-state index in [9.17, 15) is 0 Å². The van der Waals surface area contributed by atoms with Gasteiger partial charge in [0, 0.05) is 23.5 Å². The van der Waals surface area contributed by atoms with E-state index in [-0.39, 0.29) is 6.04 Å². The Kier molecular flexibility index (Phi) is 4.12. The zero-order valence-electron chi connectivity index (χ0n) is 11.9. The molecule has 5 nitrogen and oxygen atoms in total. The third-order valence-corrected chi connectivity index (χ3v) is 4.69. The van der Waals surface area contributed by atoms with E-state index >= 15 is 0 Å². The average Bonchev–Trinajstić information content (AvgIpc) is 3.16. The van der Waals surface area contributed by atoms with Gasteiger partial charge in [-0.25, -0.2) is 4.98 Å². The Morgan fingerprint density at radius 2 is 2.25 bits per heavy atom. The van der Waals surface area contributed by atoms with Gasteiger partial charge in [-0.15, -0.1) is 11.3 Å². The lowest BCUT2D eigenvalue weighted by atomic mass is 10.1. The third kappa shape index (κ3) is 3.07. The second-order valence-electron chi connectivity index (χ2n) is 5.44. The van der Waals surface area contributed by atoms with Crippen molar-refractivity contribution in [3.8, 4) is 0 Å². The Hall–Kier alpha value is -1.27. The molecule has 1 fully saturated rings. The van der Waals surface area contributed by atoms with Gasteiger partial charge in [-0.05, 0) is 26.7 Å². The number of nitrogens with one attached hydrogen (secondary N) is 1. The molecule has 0 bridgehead atoms. The quantitative estimate of drug-likeness (QED) is 0.915. The molecule has 1 aliphatic rings. The summed E-state index contributed by atoms with van der Waals surface area (Å²) in [7, 11) is 0. The van der Waals surface area contributed by atoms with Gasteiger partial charge in [0.25, 0.3) is 0 Å². The van der Waals surface area contributed by atoms with Crippen molar-refractivity contribution in [1.29, 1.82) is 0 Å². The number of thiazole rings is 1. The number of nitrogens with zero attached hydrogens (tertiary/aromatic N) is 3. The van der Waals surface area contributed by atoms with Crippen molar-refractivity contribution in [2.75, 3.05) is 0 Å². The van der Waals surface area contributed by atoms with Crippen LogP contribution in [0, 0.1) is 6.92 Å². The second kappa shape index (κ2) is 6.01. The summed E-state index contributed by atoms with van der Waals surface area (Å²) in [5, 5.41) is 8.61. The van der Waals surface area contributed by atoms with Crippen LogP contribution in [0.25, 0.3) is 0 Å². The summed E-state index contributed by atoms with van der Waals surface area (Å²) in [5.41, 5.74) is 0. The van der Waals surface area contributed by atoms with Crippen LogP contribution >= 0.6 is 11.3 Å². The van der Waals surface area contributed by atoms with Crippen molar-refractivity contribution in [3.05, 3.63) is 27.8 Å². The SMILES string of the molecule is Cc1cnc(CNC(C)c2nc(C3CCCC3)no2)s1. The van der Waals surface area contributed by atoms with Gasteiger partial charge in [-0.1, -0.05) is 18.0 Å². The van der Waals surface area contributed by atoms with Crippen molar-refractivity contribution in [2.45, 2.75) is 58.0 Å². The average molecular weight is 292 g/mol. The van der Waals surface area contributed by atoms with Gasteiger partial charge in [0.15, 0.2) is 5.82 Å². The molecular weight excluding hydrogens is 272 g/mol. The molecular formula is C14H20N4OS. The molecule has 2 heterocycles. The van der Waals surface area contributed by atoms with Gasteiger partial charge >= 0.3 is 0 Å². The van der Waals surface area contributed by atoms with Crippen LogP contribution in [0.15, 0.2) is 10.7 Å². The highest BCUT2D eigenvalue weighted by Gasteiger charge is 2.23. The maximum Gasteiger partial charge on any atom is 0.243 e. The van der Waals surface area contributed by atoms with E-state index in [1.165, 1.54) is 30.6 Å². The van der Waals surface area contributed by atoms with Crippen LogP contribution in [0.5, 0.6) is 0 Å². The van der Waals surface area contributed by atoms with E-state index in [0.717, 1.165) is 17.4 Å². The summed E-state index contributed by atoms with van der Waals surface area (Å²) in [4.78, 5) is 10.1. The molecule has 1 saturated carbocycles. The standard InChI is InChI=1S/C14H20N4OS/c1-9-7-16-12(20-9)8-15-10(2)14-17-13(18-19-14)11-5-3-4-6-11/h7,10-11,15H,3-6,8H2,1-2H3. The summed E-state index contributed by atoms with van der Waals surface area (Å²) in [6.45, 7) is 4.85. The first-order valence-corrected chi connectivity index (χ1v) is 8.02. The van der Waals surface area contributed by atoms with Crippen molar-refractivity contribution in [1.82, 2.24) is 20.4 Å². The summed E-state index contributed by atoms with van der Waals surface area (Å²) in [6, 6.07) is 0.0573. The number of aryl methyl sites for hydroxylation is 1. The molecule has 1 aliphatic carbocycles. The zero-order valence-corrected chi connectivity index (χ0v) is 12.7. The molecule has 1 atom stereocenters. The van der Waals surface area contributed by atoms with E-state index in [0.29, 0.717) is 11.8 Å². The van der Waals surface area contributed by atoms with Gasteiger partial charge < -0.3 is 4.52 Å². The minimum atomic E-state index is 0.0573. The van der Waals surface area contributed by atoms with Crippen LogP contribution < -0.4 is 5.32 Å². The largest absolute Gasteiger partial charge is 0.338 e. The minimum Gasteiger partial charge on any atom is -0.338 e. The van der Waals surface area contributed by atoms with Crippen molar-refractivity contribution >= 4 is 11.3 Å². The molecule has 108 valence electrons. The van der Waals surface area contributed by atoms with Gasteiger partial charge in [0.2, 0.25) is 5.89 Å². The third-order valence-electron chi connectivity index (χ3n) is 3.78. The summed E-state index contributed by atoms with van der Waals surface area (Å²) < 4.78 is 5.39. The molecule has 1 N–H and O–H groups in total. The van der Waals surface area contributed by atoms with Crippen LogP contribution in [-0.4, -0.2) is 15.1 Å². The summed E-state index contributed by atoms with van der Waals surface area (Å²) >= 11 is 1.71. The molecule has 1 unspecified atom stereocenters. The molecule has 2 aromatic rings. The maximum atomic E-state index is 5.39. The minimum absolute atomic E-state index is 0.0573. The van der Waals surface area contributed by atoms with Gasteiger partial charge in [-0.3, -0.25) is 5.32 Å². The van der Waals surface area contributed by atoms with Crippen molar-refractivity contribution in [3.63, 3.8) is 0 Å².